The van der Waals surface area contributed by atoms with Crippen LogP contribution in [0.3, 0.4) is 0 Å². The zero-order chi connectivity index (χ0) is 18.4. The van der Waals surface area contributed by atoms with E-state index < -0.39 is 11.7 Å². The van der Waals surface area contributed by atoms with Gasteiger partial charge in [-0.1, -0.05) is 38.2 Å². The molecule has 1 aliphatic carbocycles. The summed E-state index contributed by atoms with van der Waals surface area (Å²) in [6.07, 6.45) is 9.30. The van der Waals surface area contributed by atoms with Gasteiger partial charge in [-0.2, -0.15) is 0 Å². The Labute approximate surface area is 151 Å². The summed E-state index contributed by atoms with van der Waals surface area (Å²) in [4.78, 5) is 24.3. The SMILES string of the molecule is C=CC[C@H]1C[C@@H](C(CC2CCCCC2)NC(=O)OC(C)(C)C)OC1=O. The van der Waals surface area contributed by atoms with E-state index in [0.29, 0.717) is 18.8 Å². The molecular formula is C20H33NO4. The zero-order valence-electron chi connectivity index (χ0n) is 15.9. The summed E-state index contributed by atoms with van der Waals surface area (Å²) in [7, 11) is 0. The lowest BCUT2D eigenvalue weighted by Crippen LogP contribution is -2.46. The molecule has 142 valence electrons. The largest absolute Gasteiger partial charge is 0.460 e. The van der Waals surface area contributed by atoms with Crippen molar-refractivity contribution in [2.24, 2.45) is 11.8 Å². The normalized spacial score (nSPS) is 26.0. The number of rotatable bonds is 6. The van der Waals surface area contributed by atoms with E-state index in [0.717, 1.165) is 6.42 Å². The molecule has 5 nitrogen and oxygen atoms in total. The minimum Gasteiger partial charge on any atom is -0.460 e. The molecule has 0 aromatic heterocycles. The molecule has 1 saturated carbocycles. The first kappa shape index (κ1) is 19.8. The predicted octanol–water partition coefficient (Wildman–Crippen LogP) is 4.36. The standard InChI is InChI=1S/C20H33NO4/c1-5-9-15-13-17(24-18(15)22)16(12-14-10-7-6-8-11-14)21-19(23)25-20(2,3)4/h5,14-17H,1,6-13H2,2-4H3,(H,21,23)/t15-,16?,17-/m0/s1. The van der Waals surface area contributed by atoms with Crippen LogP contribution in [0, 0.1) is 11.8 Å². The third kappa shape index (κ3) is 6.37. The lowest BCUT2D eigenvalue weighted by atomic mass is 9.83. The van der Waals surface area contributed by atoms with Crippen LogP contribution in [0.4, 0.5) is 4.79 Å². The molecule has 0 bridgehead atoms. The van der Waals surface area contributed by atoms with Crippen LogP contribution in [0.5, 0.6) is 0 Å². The zero-order valence-corrected chi connectivity index (χ0v) is 15.9. The van der Waals surface area contributed by atoms with Gasteiger partial charge in [0.1, 0.15) is 11.7 Å². The number of carbonyl (C=O) groups excluding carboxylic acids is 2. The molecule has 1 amide bonds. The highest BCUT2D eigenvalue weighted by molar-refractivity contribution is 5.75. The van der Waals surface area contributed by atoms with Crippen molar-refractivity contribution in [2.75, 3.05) is 0 Å². The van der Waals surface area contributed by atoms with Gasteiger partial charge in [-0.15, -0.1) is 6.58 Å². The van der Waals surface area contributed by atoms with Crippen LogP contribution in [0.15, 0.2) is 12.7 Å². The topological polar surface area (TPSA) is 64.6 Å². The van der Waals surface area contributed by atoms with Crippen LogP contribution < -0.4 is 5.32 Å². The van der Waals surface area contributed by atoms with Crippen molar-refractivity contribution in [3.05, 3.63) is 12.7 Å². The summed E-state index contributed by atoms with van der Waals surface area (Å²) in [5.41, 5.74) is -0.544. The Balaban J connectivity index is 2.02. The number of hydrogen-bond acceptors (Lipinski definition) is 4. The highest BCUT2D eigenvalue weighted by Crippen LogP contribution is 2.33. The summed E-state index contributed by atoms with van der Waals surface area (Å²) in [5.74, 6) is 0.257. The van der Waals surface area contributed by atoms with Crippen molar-refractivity contribution in [3.8, 4) is 0 Å². The molecule has 0 radical (unpaired) electrons. The Bertz CT molecular complexity index is 477. The molecule has 2 rings (SSSR count). The van der Waals surface area contributed by atoms with Crippen molar-refractivity contribution in [3.63, 3.8) is 0 Å². The van der Waals surface area contributed by atoms with E-state index in [1.165, 1.54) is 32.1 Å². The van der Waals surface area contributed by atoms with Gasteiger partial charge < -0.3 is 14.8 Å². The molecule has 0 aromatic rings. The van der Waals surface area contributed by atoms with Gasteiger partial charge in [0, 0.05) is 0 Å². The average Bonchev–Trinajstić information content (AvgIpc) is 2.87. The number of allylic oxidation sites excluding steroid dienone is 1. The minimum absolute atomic E-state index is 0.142. The molecule has 3 atom stereocenters. The quantitative estimate of drug-likeness (QED) is 0.570. The first-order valence-corrected chi connectivity index (χ1v) is 9.59. The number of nitrogens with one attached hydrogen (secondary N) is 1. The van der Waals surface area contributed by atoms with Gasteiger partial charge in [0.2, 0.25) is 0 Å². The molecule has 1 heterocycles. The first-order chi connectivity index (χ1) is 11.8. The smallest absolute Gasteiger partial charge is 0.408 e. The van der Waals surface area contributed by atoms with E-state index in [2.05, 4.69) is 11.9 Å². The van der Waals surface area contributed by atoms with Gasteiger partial charge in [0.15, 0.2) is 0 Å². The third-order valence-electron chi connectivity index (χ3n) is 5.03. The van der Waals surface area contributed by atoms with Gasteiger partial charge in [0.25, 0.3) is 0 Å². The molecule has 1 saturated heterocycles. The molecule has 1 N–H and O–H groups in total. The molecule has 0 aromatic carbocycles. The third-order valence-corrected chi connectivity index (χ3v) is 5.03. The maximum absolute atomic E-state index is 12.3. The van der Waals surface area contributed by atoms with Crippen molar-refractivity contribution in [1.29, 1.82) is 0 Å². The minimum atomic E-state index is -0.544. The highest BCUT2D eigenvalue weighted by atomic mass is 16.6. The van der Waals surface area contributed by atoms with Crippen LogP contribution in [0.25, 0.3) is 0 Å². The molecule has 1 aliphatic heterocycles. The number of carbonyl (C=O) groups is 2. The number of cyclic esters (lactones) is 1. The fraction of sp³-hybridized carbons (Fsp3) is 0.800. The molecule has 2 fully saturated rings. The van der Waals surface area contributed by atoms with E-state index in [1.807, 2.05) is 20.8 Å². The highest BCUT2D eigenvalue weighted by Gasteiger charge is 2.40. The predicted molar refractivity (Wildman–Crippen MR) is 97.2 cm³/mol. The van der Waals surface area contributed by atoms with Gasteiger partial charge in [-0.05, 0) is 46.0 Å². The summed E-state index contributed by atoms with van der Waals surface area (Å²) in [6, 6.07) is -0.184. The average molecular weight is 351 g/mol. The molecule has 2 aliphatic rings. The number of hydrogen-bond donors (Lipinski definition) is 1. The maximum atomic E-state index is 12.3. The molecule has 1 unspecified atom stereocenters. The Kier molecular flexibility index (Phi) is 6.91. The van der Waals surface area contributed by atoms with E-state index in [9.17, 15) is 9.59 Å². The van der Waals surface area contributed by atoms with Crippen LogP contribution >= 0.6 is 0 Å². The van der Waals surface area contributed by atoms with Crippen molar-refractivity contribution >= 4 is 12.1 Å². The second-order valence-electron chi connectivity index (χ2n) is 8.42. The number of alkyl carbamates (subject to hydrolysis) is 1. The van der Waals surface area contributed by atoms with Crippen LogP contribution in [-0.4, -0.2) is 29.8 Å². The van der Waals surface area contributed by atoms with Gasteiger partial charge in [0.05, 0.1) is 12.0 Å². The van der Waals surface area contributed by atoms with Crippen LogP contribution in [0.1, 0.15) is 72.1 Å². The lowest BCUT2D eigenvalue weighted by molar-refractivity contribution is -0.145. The van der Waals surface area contributed by atoms with Crippen molar-refractivity contribution < 1.29 is 19.1 Å². The van der Waals surface area contributed by atoms with Crippen molar-refractivity contribution in [2.45, 2.75) is 89.9 Å². The van der Waals surface area contributed by atoms with Crippen LogP contribution in [0.2, 0.25) is 0 Å². The lowest BCUT2D eigenvalue weighted by Gasteiger charge is -2.30. The molecule has 0 spiro atoms. The Hall–Kier alpha value is -1.52. The van der Waals surface area contributed by atoms with E-state index in [4.69, 9.17) is 9.47 Å². The molecule has 5 heteroatoms. The molecular weight excluding hydrogens is 318 g/mol. The van der Waals surface area contributed by atoms with E-state index >= 15 is 0 Å². The Morgan fingerprint density at radius 2 is 2.04 bits per heavy atom. The second-order valence-corrected chi connectivity index (χ2v) is 8.42. The molecule has 25 heavy (non-hydrogen) atoms. The Morgan fingerprint density at radius 1 is 1.36 bits per heavy atom. The van der Waals surface area contributed by atoms with Gasteiger partial charge >= 0.3 is 12.1 Å². The first-order valence-electron chi connectivity index (χ1n) is 9.59. The summed E-state index contributed by atoms with van der Waals surface area (Å²) >= 11 is 0. The van der Waals surface area contributed by atoms with E-state index in [1.54, 1.807) is 6.08 Å². The number of esters is 1. The summed E-state index contributed by atoms with van der Waals surface area (Å²) in [6.45, 7) is 9.25. The van der Waals surface area contributed by atoms with Gasteiger partial charge in [-0.25, -0.2) is 4.79 Å². The number of amides is 1. The van der Waals surface area contributed by atoms with Crippen LogP contribution in [-0.2, 0) is 14.3 Å². The number of ether oxygens (including phenoxy) is 2. The van der Waals surface area contributed by atoms with Gasteiger partial charge in [-0.3, -0.25) is 4.79 Å². The second kappa shape index (κ2) is 8.72. The summed E-state index contributed by atoms with van der Waals surface area (Å²) in [5, 5.41) is 2.98. The summed E-state index contributed by atoms with van der Waals surface area (Å²) < 4.78 is 11.0. The van der Waals surface area contributed by atoms with E-state index in [-0.39, 0.29) is 24.0 Å². The Morgan fingerprint density at radius 3 is 2.64 bits per heavy atom. The fourth-order valence-corrected chi connectivity index (χ4v) is 3.85. The monoisotopic (exact) mass is 351 g/mol. The maximum Gasteiger partial charge on any atom is 0.408 e. The van der Waals surface area contributed by atoms with Crippen molar-refractivity contribution in [1.82, 2.24) is 5.32 Å². The fourth-order valence-electron chi connectivity index (χ4n) is 3.85.